The van der Waals surface area contributed by atoms with Crippen molar-refractivity contribution >= 4 is 26.0 Å². The van der Waals surface area contributed by atoms with Gasteiger partial charge in [-0.15, -0.1) is 0 Å². The number of methoxy groups -OCH3 is 1. The highest BCUT2D eigenvalue weighted by Crippen LogP contribution is 2.32. The van der Waals surface area contributed by atoms with Gasteiger partial charge >= 0.3 is 0 Å². The molecule has 124 valence electrons. The molecule has 0 saturated carbocycles. The molecule has 0 atom stereocenters. The lowest BCUT2D eigenvalue weighted by atomic mass is 10.2. The van der Waals surface area contributed by atoms with Crippen molar-refractivity contribution < 1.29 is 18.3 Å². The Bertz CT molecular complexity index is 628. The quantitative estimate of drug-likeness (QED) is 0.811. The van der Waals surface area contributed by atoms with Gasteiger partial charge in [-0.25, -0.2) is 8.42 Å². The number of piperazine rings is 1. The first-order valence-corrected chi connectivity index (χ1v) is 9.31. The van der Waals surface area contributed by atoms with Gasteiger partial charge in [0.25, 0.3) is 0 Å². The number of ether oxygens (including phenoxy) is 1. The van der Waals surface area contributed by atoms with Crippen molar-refractivity contribution in [2.45, 2.75) is 11.8 Å². The first kappa shape index (κ1) is 17.7. The van der Waals surface area contributed by atoms with Crippen molar-refractivity contribution in [2.75, 3.05) is 46.4 Å². The summed E-state index contributed by atoms with van der Waals surface area (Å²) >= 11 is 3.38. The number of halogens is 1. The lowest BCUT2D eigenvalue weighted by Gasteiger charge is -2.33. The van der Waals surface area contributed by atoms with Gasteiger partial charge in [-0.3, -0.25) is 4.90 Å². The molecule has 0 spiro atoms. The Labute approximate surface area is 139 Å². The lowest BCUT2D eigenvalue weighted by molar-refractivity contribution is 0.151. The molecule has 0 aliphatic carbocycles. The summed E-state index contributed by atoms with van der Waals surface area (Å²) in [4.78, 5) is 2.23. The Morgan fingerprint density at radius 1 is 1.27 bits per heavy atom. The van der Waals surface area contributed by atoms with E-state index >= 15 is 0 Å². The maximum absolute atomic E-state index is 12.9. The Morgan fingerprint density at radius 3 is 2.45 bits per heavy atom. The smallest absolute Gasteiger partial charge is 0.246 e. The SMILES string of the molecule is COc1cc(C)c(Br)cc1S(=O)(=O)N1CCN(CCO)CC1. The van der Waals surface area contributed by atoms with Crippen molar-refractivity contribution in [1.29, 1.82) is 0 Å². The molecule has 0 radical (unpaired) electrons. The van der Waals surface area contributed by atoms with E-state index in [-0.39, 0.29) is 11.5 Å². The molecular formula is C14H21BrN2O4S. The largest absolute Gasteiger partial charge is 0.495 e. The second-order valence-electron chi connectivity index (χ2n) is 5.22. The highest BCUT2D eigenvalue weighted by Gasteiger charge is 2.31. The molecule has 8 heteroatoms. The van der Waals surface area contributed by atoms with Crippen LogP contribution >= 0.6 is 15.9 Å². The summed E-state index contributed by atoms with van der Waals surface area (Å²) in [5, 5.41) is 8.95. The van der Waals surface area contributed by atoms with E-state index in [0.717, 1.165) is 10.0 Å². The average Bonchev–Trinajstić information content (AvgIpc) is 2.50. The summed E-state index contributed by atoms with van der Waals surface area (Å²) in [5.74, 6) is 0.360. The van der Waals surface area contributed by atoms with E-state index in [1.54, 1.807) is 12.1 Å². The number of aryl methyl sites for hydroxylation is 1. The maximum Gasteiger partial charge on any atom is 0.246 e. The van der Waals surface area contributed by atoms with Crippen LogP contribution in [0.15, 0.2) is 21.5 Å². The van der Waals surface area contributed by atoms with Crippen LogP contribution in [0.3, 0.4) is 0 Å². The van der Waals surface area contributed by atoms with Crippen LogP contribution in [0.25, 0.3) is 0 Å². The van der Waals surface area contributed by atoms with Crippen LogP contribution < -0.4 is 4.74 Å². The molecule has 6 nitrogen and oxygen atoms in total. The fourth-order valence-corrected chi connectivity index (χ4v) is 4.55. The molecule has 1 aromatic rings. The van der Waals surface area contributed by atoms with E-state index in [1.807, 2.05) is 11.8 Å². The van der Waals surface area contributed by atoms with Crippen LogP contribution in [0.2, 0.25) is 0 Å². The van der Waals surface area contributed by atoms with Gasteiger partial charge in [0.2, 0.25) is 10.0 Å². The van der Waals surface area contributed by atoms with Crippen LogP contribution in [-0.2, 0) is 10.0 Å². The summed E-state index contributed by atoms with van der Waals surface area (Å²) in [7, 11) is -2.12. The van der Waals surface area contributed by atoms with E-state index in [4.69, 9.17) is 9.84 Å². The first-order chi connectivity index (χ1) is 10.4. The van der Waals surface area contributed by atoms with Crippen LogP contribution in [-0.4, -0.2) is 69.2 Å². The molecule has 2 rings (SSSR count). The zero-order valence-electron chi connectivity index (χ0n) is 12.7. The van der Waals surface area contributed by atoms with Crippen LogP contribution in [0.5, 0.6) is 5.75 Å². The van der Waals surface area contributed by atoms with E-state index in [1.165, 1.54) is 11.4 Å². The number of aliphatic hydroxyl groups is 1. The number of sulfonamides is 1. The molecule has 0 aromatic heterocycles. The Hall–Kier alpha value is -0.670. The number of nitrogens with zero attached hydrogens (tertiary/aromatic N) is 2. The molecule has 1 aliphatic rings. The molecule has 1 saturated heterocycles. The summed E-state index contributed by atoms with van der Waals surface area (Å²) in [5.41, 5.74) is 0.920. The van der Waals surface area contributed by atoms with Gasteiger partial charge in [0, 0.05) is 37.2 Å². The van der Waals surface area contributed by atoms with Gasteiger partial charge in [0.05, 0.1) is 13.7 Å². The minimum atomic E-state index is -3.59. The minimum absolute atomic E-state index is 0.0888. The Morgan fingerprint density at radius 2 is 1.91 bits per heavy atom. The second kappa shape index (κ2) is 7.27. The Kier molecular flexibility index (Phi) is 5.84. The third-order valence-corrected chi connectivity index (χ3v) is 6.58. The standard InChI is InChI=1S/C14H21BrN2O4S/c1-11-9-13(21-2)14(10-12(11)15)22(19,20)17-5-3-16(4-6-17)7-8-18/h9-10,18H,3-8H2,1-2H3. The first-order valence-electron chi connectivity index (χ1n) is 7.07. The number of β-amino-alcohol motifs (C(OH)–C–C–N with tert-alkyl or cyclic N) is 1. The van der Waals surface area contributed by atoms with Crippen molar-refractivity contribution in [1.82, 2.24) is 9.21 Å². The topological polar surface area (TPSA) is 70.1 Å². The average molecular weight is 393 g/mol. The summed E-state index contributed by atoms with van der Waals surface area (Å²) in [6, 6.07) is 3.32. The van der Waals surface area contributed by atoms with E-state index in [0.29, 0.717) is 38.5 Å². The predicted octanol–water partition coefficient (Wildman–Crippen LogP) is 1.06. The predicted molar refractivity (Wildman–Crippen MR) is 87.7 cm³/mol. The highest BCUT2D eigenvalue weighted by atomic mass is 79.9. The number of benzene rings is 1. The molecule has 1 N–H and O–H groups in total. The van der Waals surface area contributed by atoms with E-state index in [2.05, 4.69) is 15.9 Å². The maximum atomic E-state index is 12.9. The van der Waals surface area contributed by atoms with Crippen LogP contribution in [0.4, 0.5) is 0 Å². The van der Waals surface area contributed by atoms with Crippen molar-refractivity contribution in [3.8, 4) is 5.75 Å². The normalized spacial score (nSPS) is 17.6. The third-order valence-electron chi connectivity index (χ3n) is 3.81. The summed E-state index contributed by atoms with van der Waals surface area (Å²) in [6.07, 6.45) is 0. The summed E-state index contributed by atoms with van der Waals surface area (Å²) in [6.45, 7) is 4.62. The Balaban J connectivity index is 2.26. The zero-order valence-corrected chi connectivity index (χ0v) is 15.2. The molecule has 0 amide bonds. The van der Waals surface area contributed by atoms with Gasteiger partial charge in [-0.1, -0.05) is 15.9 Å². The second-order valence-corrected chi connectivity index (χ2v) is 7.98. The van der Waals surface area contributed by atoms with Gasteiger partial charge in [0.1, 0.15) is 10.6 Å². The van der Waals surface area contributed by atoms with Crippen molar-refractivity contribution in [3.05, 3.63) is 22.2 Å². The molecule has 1 fully saturated rings. The zero-order chi connectivity index (χ0) is 16.3. The number of hydrogen-bond donors (Lipinski definition) is 1. The van der Waals surface area contributed by atoms with Gasteiger partial charge in [0.15, 0.2) is 0 Å². The van der Waals surface area contributed by atoms with Gasteiger partial charge in [-0.05, 0) is 24.6 Å². The number of hydrogen-bond acceptors (Lipinski definition) is 5. The van der Waals surface area contributed by atoms with Gasteiger partial charge in [-0.2, -0.15) is 4.31 Å². The van der Waals surface area contributed by atoms with E-state index < -0.39 is 10.0 Å². The van der Waals surface area contributed by atoms with E-state index in [9.17, 15) is 8.42 Å². The molecule has 1 aromatic carbocycles. The monoisotopic (exact) mass is 392 g/mol. The summed E-state index contributed by atoms with van der Waals surface area (Å²) < 4.78 is 33.2. The number of aliphatic hydroxyl groups excluding tert-OH is 1. The van der Waals surface area contributed by atoms with Crippen LogP contribution in [0.1, 0.15) is 5.56 Å². The molecule has 0 bridgehead atoms. The highest BCUT2D eigenvalue weighted by molar-refractivity contribution is 9.10. The van der Waals surface area contributed by atoms with Gasteiger partial charge < -0.3 is 9.84 Å². The molecular weight excluding hydrogens is 372 g/mol. The third kappa shape index (κ3) is 3.62. The van der Waals surface area contributed by atoms with Crippen LogP contribution in [0, 0.1) is 6.92 Å². The fraction of sp³-hybridized carbons (Fsp3) is 0.571. The molecule has 1 heterocycles. The number of rotatable bonds is 5. The lowest BCUT2D eigenvalue weighted by Crippen LogP contribution is -2.49. The van der Waals surface area contributed by atoms with Crippen molar-refractivity contribution in [2.24, 2.45) is 0 Å². The van der Waals surface area contributed by atoms with Crippen molar-refractivity contribution in [3.63, 3.8) is 0 Å². The molecule has 0 unspecified atom stereocenters. The molecule has 22 heavy (non-hydrogen) atoms. The minimum Gasteiger partial charge on any atom is -0.495 e. The fourth-order valence-electron chi connectivity index (χ4n) is 2.47. The molecule has 1 aliphatic heterocycles.